The predicted octanol–water partition coefficient (Wildman–Crippen LogP) is 5.84. The molecule has 2 aromatic heterocycles. The normalized spacial score (nSPS) is 14.6. The maximum atomic E-state index is 13.4. The predicted molar refractivity (Wildman–Crippen MR) is 157 cm³/mol. The van der Waals surface area contributed by atoms with Gasteiger partial charge in [-0.1, -0.05) is 38.3 Å². The summed E-state index contributed by atoms with van der Waals surface area (Å²) in [5.41, 5.74) is 4.55. The number of halogens is 1. The molecule has 1 aliphatic heterocycles. The van der Waals surface area contributed by atoms with Crippen LogP contribution >= 0.6 is 11.6 Å². The van der Waals surface area contributed by atoms with E-state index in [0.29, 0.717) is 37.1 Å². The van der Waals surface area contributed by atoms with Crippen molar-refractivity contribution in [3.8, 4) is 0 Å². The van der Waals surface area contributed by atoms with Crippen molar-refractivity contribution < 1.29 is 8.42 Å². The zero-order valence-corrected chi connectivity index (χ0v) is 23.8. The zero-order chi connectivity index (χ0) is 27.4. The van der Waals surface area contributed by atoms with E-state index in [2.05, 4.69) is 35.1 Å². The third-order valence-electron chi connectivity index (χ3n) is 6.83. The summed E-state index contributed by atoms with van der Waals surface area (Å²) in [6, 6.07) is 16.4. The molecule has 2 aromatic carbocycles. The second-order valence-corrected chi connectivity index (χ2v) is 12.1. The van der Waals surface area contributed by atoms with Crippen molar-refractivity contribution in [1.29, 1.82) is 0 Å². The van der Waals surface area contributed by atoms with E-state index in [9.17, 15) is 8.42 Å². The molecule has 0 unspecified atom stereocenters. The highest BCUT2D eigenvalue weighted by Crippen LogP contribution is 2.28. The Kier molecular flexibility index (Phi) is 8.30. The molecule has 1 aliphatic rings. The van der Waals surface area contributed by atoms with Gasteiger partial charge in [-0.2, -0.15) is 4.31 Å². The Hall–Kier alpha value is -3.27. The van der Waals surface area contributed by atoms with E-state index in [1.165, 1.54) is 0 Å². The number of hydrogen-bond donors (Lipinski definition) is 1. The SMILES string of the molecule is CCCc1cc(CCC)nc(N2CCN(S(=O)(=O)c3ccc(Nc4ccnc5cc(Cl)ccc45)cc3)CC2)n1. The molecule has 1 N–H and O–H groups in total. The zero-order valence-electron chi connectivity index (χ0n) is 22.3. The van der Waals surface area contributed by atoms with Crippen LogP contribution in [0, 0.1) is 0 Å². The summed E-state index contributed by atoms with van der Waals surface area (Å²) in [7, 11) is -3.62. The summed E-state index contributed by atoms with van der Waals surface area (Å²) in [6.45, 7) is 6.17. The number of hydrogen-bond acceptors (Lipinski definition) is 7. The molecule has 1 fully saturated rings. The lowest BCUT2D eigenvalue weighted by Gasteiger charge is -2.34. The molecule has 0 saturated carbocycles. The van der Waals surface area contributed by atoms with Crippen LogP contribution in [0.1, 0.15) is 38.1 Å². The molecule has 8 nitrogen and oxygen atoms in total. The van der Waals surface area contributed by atoms with Crippen LogP contribution in [0.3, 0.4) is 0 Å². The fourth-order valence-electron chi connectivity index (χ4n) is 4.82. The highest BCUT2D eigenvalue weighted by molar-refractivity contribution is 7.89. The average molecular weight is 565 g/mol. The molecular formula is C29H33ClN6O2S. The van der Waals surface area contributed by atoms with Crippen molar-refractivity contribution in [1.82, 2.24) is 19.3 Å². The quantitative estimate of drug-likeness (QED) is 0.273. The van der Waals surface area contributed by atoms with Crippen LogP contribution < -0.4 is 10.2 Å². The van der Waals surface area contributed by atoms with Gasteiger partial charge in [-0.15, -0.1) is 0 Å². The standard InChI is InChI=1S/C29H33ClN6O2S/c1-3-5-23-20-24(6-4-2)34-29(33-23)35-15-17-36(18-16-35)39(37,38)25-10-8-22(9-11-25)32-27-13-14-31-28-19-21(30)7-12-26(27)28/h7-14,19-20H,3-6,15-18H2,1-2H3,(H,31,32). The fraction of sp³-hybridized carbons (Fsp3) is 0.345. The van der Waals surface area contributed by atoms with Crippen LogP contribution in [0.4, 0.5) is 17.3 Å². The van der Waals surface area contributed by atoms with Gasteiger partial charge < -0.3 is 10.2 Å². The molecule has 1 saturated heterocycles. The summed E-state index contributed by atoms with van der Waals surface area (Å²) in [6.07, 6.45) is 5.59. The number of nitrogens with one attached hydrogen (secondary N) is 1. The number of rotatable bonds is 9. The topological polar surface area (TPSA) is 91.3 Å². The number of benzene rings is 2. The first-order valence-electron chi connectivity index (χ1n) is 13.4. The molecule has 0 bridgehead atoms. The van der Waals surface area contributed by atoms with E-state index in [1.807, 2.05) is 24.3 Å². The Bertz CT molecular complexity index is 1530. The van der Waals surface area contributed by atoms with Crippen molar-refractivity contribution in [3.05, 3.63) is 77.2 Å². The molecule has 0 atom stereocenters. The first-order chi connectivity index (χ1) is 18.9. The maximum absolute atomic E-state index is 13.4. The van der Waals surface area contributed by atoms with Crippen LogP contribution in [0.15, 0.2) is 65.7 Å². The van der Waals surface area contributed by atoms with E-state index >= 15 is 0 Å². The summed E-state index contributed by atoms with van der Waals surface area (Å²) < 4.78 is 28.4. The minimum atomic E-state index is -3.62. The van der Waals surface area contributed by atoms with Gasteiger partial charge in [-0.25, -0.2) is 18.4 Å². The van der Waals surface area contributed by atoms with E-state index < -0.39 is 10.0 Å². The fourth-order valence-corrected chi connectivity index (χ4v) is 6.41. The van der Waals surface area contributed by atoms with Crippen LogP contribution in [-0.2, 0) is 22.9 Å². The van der Waals surface area contributed by atoms with Gasteiger partial charge >= 0.3 is 0 Å². The van der Waals surface area contributed by atoms with Crippen LogP contribution in [0.5, 0.6) is 0 Å². The molecule has 10 heteroatoms. The van der Waals surface area contributed by atoms with E-state index in [1.54, 1.807) is 34.8 Å². The lowest BCUT2D eigenvalue weighted by molar-refractivity contribution is 0.382. The molecular weight excluding hydrogens is 532 g/mol. The van der Waals surface area contributed by atoms with E-state index in [-0.39, 0.29) is 4.90 Å². The van der Waals surface area contributed by atoms with Gasteiger partial charge in [-0.3, -0.25) is 4.98 Å². The monoisotopic (exact) mass is 564 g/mol. The highest BCUT2D eigenvalue weighted by atomic mass is 35.5. The highest BCUT2D eigenvalue weighted by Gasteiger charge is 2.29. The van der Waals surface area contributed by atoms with Crippen LogP contribution in [-0.4, -0.2) is 53.9 Å². The summed E-state index contributed by atoms with van der Waals surface area (Å²) in [5.74, 6) is 0.711. The van der Waals surface area contributed by atoms with Crippen molar-refractivity contribution in [2.24, 2.45) is 0 Å². The number of nitrogens with zero attached hydrogens (tertiary/aromatic N) is 5. The molecule has 0 aliphatic carbocycles. The number of pyridine rings is 1. The Morgan fingerprint density at radius 3 is 2.18 bits per heavy atom. The molecule has 0 radical (unpaired) electrons. The summed E-state index contributed by atoms with van der Waals surface area (Å²) >= 11 is 6.10. The third kappa shape index (κ3) is 6.16. The van der Waals surface area contributed by atoms with Gasteiger partial charge in [0.1, 0.15) is 0 Å². The van der Waals surface area contributed by atoms with Crippen molar-refractivity contribution >= 4 is 49.9 Å². The number of sulfonamides is 1. The van der Waals surface area contributed by atoms with E-state index in [0.717, 1.165) is 59.3 Å². The van der Waals surface area contributed by atoms with Crippen LogP contribution in [0.25, 0.3) is 10.9 Å². The number of fused-ring (bicyclic) bond motifs is 1. The lowest BCUT2D eigenvalue weighted by Crippen LogP contribution is -2.49. The minimum Gasteiger partial charge on any atom is -0.355 e. The largest absolute Gasteiger partial charge is 0.355 e. The first kappa shape index (κ1) is 27.3. The Morgan fingerprint density at radius 1 is 0.872 bits per heavy atom. The van der Waals surface area contributed by atoms with Crippen LogP contribution in [0.2, 0.25) is 5.02 Å². The summed E-state index contributed by atoms with van der Waals surface area (Å²) in [5, 5.41) is 4.92. The van der Waals surface area contributed by atoms with Gasteiger partial charge in [0.05, 0.1) is 10.4 Å². The molecule has 4 aromatic rings. The van der Waals surface area contributed by atoms with Crippen molar-refractivity contribution in [2.45, 2.75) is 44.4 Å². The Balaban J connectivity index is 1.27. The average Bonchev–Trinajstić information content (AvgIpc) is 2.94. The molecule has 39 heavy (non-hydrogen) atoms. The first-order valence-corrected chi connectivity index (χ1v) is 15.2. The Labute approximate surface area is 235 Å². The molecule has 5 rings (SSSR count). The Morgan fingerprint density at radius 2 is 1.54 bits per heavy atom. The number of aryl methyl sites for hydroxylation is 2. The molecule has 0 amide bonds. The van der Waals surface area contributed by atoms with Gasteiger partial charge in [0.15, 0.2) is 0 Å². The van der Waals surface area contributed by atoms with E-state index in [4.69, 9.17) is 21.6 Å². The van der Waals surface area contributed by atoms with Gasteiger partial charge in [0.25, 0.3) is 0 Å². The number of piperazine rings is 1. The molecule has 0 spiro atoms. The third-order valence-corrected chi connectivity index (χ3v) is 8.98. The number of anilines is 3. The summed E-state index contributed by atoms with van der Waals surface area (Å²) in [4.78, 5) is 16.3. The second-order valence-electron chi connectivity index (χ2n) is 9.71. The maximum Gasteiger partial charge on any atom is 0.243 e. The molecule has 3 heterocycles. The van der Waals surface area contributed by atoms with Gasteiger partial charge in [0.2, 0.25) is 16.0 Å². The minimum absolute atomic E-state index is 0.277. The van der Waals surface area contributed by atoms with Crippen molar-refractivity contribution in [2.75, 3.05) is 36.4 Å². The molecule has 204 valence electrons. The smallest absolute Gasteiger partial charge is 0.243 e. The van der Waals surface area contributed by atoms with Gasteiger partial charge in [-0.05, 0) is 67.4 Å². The second kappa shape index (κ2) is 11.9. The van der Waals surface area contributed by atoms with Crippen molar-refractivity contribution in [3.63, 3.8) is 0 Å². The van der Waals surface area contributed by atoms with Gasteiger partial charge in [0, 0.05) is 65.5 Å². The lowest BCUT2D eigenvalue weighted by atomic mass is 10.2. The number of aromatic nitrogens is 3.